The Hall–Kier alpha value is -0.320. The van der Waals surface area contributed by atoms with Crippen molar-refractivity contribution in [2.75, 3.05) is 26.3 Å². The molecule has 0 aromatic heterocycles. The van der Waals surface area contributed by atoms with Crippen LogP contribution in [0.4, 0.5) is 0 Å². The van der Waals surface area contributed by atoms with Crippen LogP contribution in [0, 0.1) is 0 Å². The standard InChI is InChI=1S/C13H27NO7/c1-2-3-4-14-5-8(16)7-20-13-12(19)11(18)10(17)9(6-15)21-13/h8-19H,2-7H2,1H3/t8?,9-,10+,11+,12-,13+/m1/s1. The van der Waals surface area contributed by atoms with Crippen molar-refractivity contribution in [2.45, 2.75) is 56.6 Å². The SMILES string of the molecule is CCCCNCC(O)CO[C@H]1O[C@H](CO)[C@H](O)[C@H](O)[C@H]1O. The molecule has 6 N–H and O–H groups in total. The van der Waals surface area contributed by atoms with Gasteiger partial charge >= 0.3 is 0 Å². The average Bonchev–Trinajstić information content (AvgIpc) is 2.48. The fourth-order valence-corrected chi connectivity index (χ4v) is 2.04. The van der Waals surface area contributed by atoms with Gasteiger partial charge in [0.15, 0.2) is 6.29 Å². The number of unbranched alkanes of at least 4 members (excludes halogenated alkanes) is 1. The van der Waals surface area contributed by atoms with Gasteiger partial charge in [0.05, 0.1) is 19.3 Å². The Labute approximate surface area is 124 Å². The Balaban J connectivity index is 2.32. The predicted molar refractivity (Wildman–Crippen MR) is 73.5 cm³/mol. The first-order chi connectivity index (χ1) is 10.0. The lowest BCUT2D eigenvalue weighted by Crippen LogP contribution is -2.59. The summed E-state index contributed by atoms with van der Waals surface area (Å²) >= 11 is 0. The van der Waals surface area contributed by atoms with Crippen LogP contribution >= 0.6 is 0 Å². The molecule has 1 fully saturated rings. The summed E-state index contributed by atoms with van der Waals surface area (Å²) in [6, 6.07) is 0. The van der Waals surface area contributed by atoms with Crippen LogP contribution in [0.3, 0.4) is 0 Å². The zero-order chi connectivity index (χ0) is 15.8. The van der Waals surface area contributed by atoms with E-state index in [4.69, 9.17) is 14.6 Å². The van der Waals surface area contributed by atoms with E-state index in [1.54, 1.807) is 0 Å². The first kappa shape index (κ1) is 18.7. The molecule has 1 heterocycles. The summed E-state index contributed by atoms with van der Waals surface area (Å²) in [6.07, 6.45) is -5.24. The predicted octanol–water partition coefficient (Wildman–Crippen LogP) is -2.45. The lowest BCUT2D eigenvalue weighted by molar-refractivity contribution is -0.304. The number of aliphatic hydroxyl groups excluding tert-OH is 5. The molecule has 0 aromatic carbocycles. The molecule has 0 aromatic rings. The maximum Gasteiger partial charge on any atom is 0.186 e. The van der Waals surface area contributed by atoms with Crippen molar-refractivity contribution >= 4 is 0 Å². The van der Waals surface area contributed by atoms with Crippen molar-refractivity contribution in [3.05, 3.63) is 0 Å². The Kier molecular flexibility index (Phi) is 8.60. The smallest absolute Gasteiger partial charge is 0.186 e. The van der Waals surface area contributed by atoms with Crippen LogP contribution in [0.2, 0.25) is 0 Å². The third-order valence-electron chi connectivity index (χ3n) is 3.39. The molecule has 126 valence electrons. The molecule has 1 rings (SSSR count). The van der Waals surface area contributed by atoms with Crippen LogP contribution in [-0.4, -0.2) is 88.6 Å². The number of aliphatic hydroxyl groups is 5. The third-order valence-corrected chi connectivity index (χ3v) is 3.39. The van der Waals surface area contributed by atoms with Gasteiger partial charge in [-0.15, -0.1) is 0 Å². The molecule has 8 nitrogen and oxygen atoms in total. The van der Waals surface area contributed by atoms with Gasteiger partial charge in [0.1, 0.15) is 24.4 Å². The summed E-state index contributed by atoms with van der Waals surface area (Å²) in [5.74, 6) is 0. The van der Waals surface area contributed by atoms with E-state index in [1.165, 1.54) is 0 Å². The molecule has 1 saturated heterocycles. The monoisotopic (exact) mass is 309 g/mol. The van der Waals surface area contributed by atoms with Gasteiger partial charge in [-0.3, -0.25) is 0 Å². The van der Waals surface area contributed by atoms with Crippen LogP contribution in [0.1, 0.15) is 19.8 Å². The second kappa shape index (κ2) is 9.65. The molecule has 0 radical (unpaired) electrons. The van der Waals surface area contributed by atoms with Gasteiger partial charge in [-0.2, -0.15) is 0 Å². The average molecular weight is 309 g/mol. The zero-order valence-corrected chi connectivity index (χ0v) is 12.3. The Morgan fingerprint density at radius 3 is 2.52 bits per heavy atom. The van der Waals surface area contributed by atoms with Crippen LogP contribution in [0.15, 0.2) is 0 Å². The van der Waals surface area contributed by atoms with E-state index in [1.807, 2.05) is 0 Å². The molecular formula is C13H27NO7. The summed E-state index contributed by atoms with van der Waals surface area (Å²) in [6.45, 7) is 2.61. The van der Waals surface area contributed by atoms with Crippen molar-refractivity contribution in [3.8, 4) is 0 Å². The first-order valence-electron chi connectivity index (χ1n) is 7.32. The van der Waals surface area contributed by atoms with Crippen molar-refractivity contribution in [3.63, 3.8) is 0 Å². The quantitative estimate of drug-likeness (QED) is 0.259. The van der Waals surface area contributed by atoms with E-state index in [2.05, 4.69) is 12.2 Å². The molecule has 1 aliphatic heterocycles. The molecule has 6 atom stereocenters. The van der Waals surface area contributed by atoms with Crippen molar-refractivity contribution in [1.82, 2.24) is 5.32 Å². The summed E-state index contributed by atoms with van der Waals surface area (Å²) in [7, 11) is 0. The number of nitrogens with one attached hydrogen (secondary N) is 1. The van der Waals surface area contributed by atoms with E-state index in [-0.39, 0.29) is 6.61 Å². The fourth-order valence-electron chi connectivity index (χ4n) is 2.04. The molecule has 0 spiro atoms. The van der Waals surface area contributed by atoms with E-state index in [9.17, 15) is 20.4 Å². The summed E-state index contributed by atoms with van der Waals surface area (Å²) in [4.78, 5) is 0. The number of ether oxygens (including phenoxy) is 2. The van der Waals surface area contributed by atoms with Gasteiger partial charge in [0.2, 0.25) is 0 Å². The zero-order valence-electron chi connectivity index (χ0n) is 12.3. The Bertz CT molecular complexity index is 279. The van der Waals surface area contributed by atoms with Gasteiger partial charge in [0, 0.05) is 6.54 Å². The molecule has 1 aliphatic rings. The summed E-state index contributed by atoms with van der Waals surface area (Å²) in [5.41, 5.74) is 0. The van der Waals surface area contributed by atoms with Gasteiger partial charge in [-0.25, -0.2) is 0 Å². The summed E-state index contributed by atoms with van der Waals surface area (Å²) in [5, 5.41) is 50.8. The highest BCUT2D eigenvalue weighted by Crippen LogP contribution is 2.21. The Morgan fingerprint density at radius 1 is 1.19 bits per heavy atom. The van der Waals surface area contributed by atoms with Gasteiger partial charge < -0.3 is 40.3 Å². The Morgan fingerprint density at radius 2 is 1.90 bits per heavy atom. The second-order valence-electron chi connectivity index (χ2n) is 5.24. The summed E-state index contributed by atoms with van der Waals surface area (Å²) < 4.78 is 10.4. The lowest BCUT2D eigenvalue weighted by atomic mass is 9.99. The highest BCUT2D eigenvalue weighted by molar-refractivity contribution is 4.88. The van der Waals surface area contributed by atoms with E-state index in [0.29, 0.717) is 6.54 Å². The number of hydrogen-bond donors (Lipinski definition) is 6. The van der Waals surface area contributed by atoms with E-state index < -0.39 is 43.4 Å². The normalized spacial score (nSPS) is 34.9. The number of hydrogen-bond acceptors (Lipinski definition) is 8. The van der Waals surface area contributed by atoms with Gasteiger partial charge in [0.25, 0.3) is 0 Å². The molecular weight excluding hydrogens is 282 g/mol. The molecule has 0 aliphatic carbocycles. The largest absolute Gasteiger partial charge is 0.394 e. The lowest BCUT2D eigenvalue weighted by Gasteiger charge is -2.39. The minimum absolute atomic E-state index is 0.0954. The van der Waals surface area contributed by atoms with Crippen molar-refractivity contribution in [1.29, 1.82) is 0 Å². The molecule has 21 heavy (non-hydrogen) atoms. The highest BCUT2D eigenvalue weighted by atomic mass is 16.7. The molecule has 0 saturated carbocycles. The molecule has 0 amide bonds. The van der Waals surface area contributed by atoms with Crippen molar-refractivity contribution < 1.29 is 35.0 Å². The van der Waals surface area contributed by atoms with Crippen LogP contribution in [-0.2, 0) is 9.47 Å². The second-order valence-corrected chi connectivity index (χ2v) is 5.24. The maximum atomic E-state index is 9.74. The molecule has 1 unspecified atom stereocenters. The minimum Gasteiger partial charge on any atom is -0.394 e. The van der Waals surface area contributed by atoms with E-state index >= 15 is 0 Å². The fraction of sp³-hybridized carbons (Fsp3) is 1.00. The van der Waals surface area contributed by atoms with Gasteiger partial charge in [-0.1, -0.05) is 13.3 Å². The molecule has 0 bridgehead atoms. The van der Waals surface area contributed by atoms with Gasteiger partial charge in [-0.05, 0) is 13.0 Å². The highest BCUT2D eigenvalue weighted by Gasteiger charge is 2.44. The van der Waals surface area contributed by atoms with Crippen LogP contribution in [0.25, 0.3) is 0 Å². The van der Waals surface area contributed by atoms with E-state index in [0.717, 1.165) is 19.4 Å². The van der Waals surface area contributed by atoms with Crippen LogP contribution in [0.5, 0.6) is 0 Å². The van der Waals surface area contributed by atoms with Crippen molar-refractivity contribution in [2.24, 2.45) is 0 Å². The maximum absolute atomic E-state index is 9.74. The third kappa shape index (κ3) is 5.76. The minimum atomic E-state index is -1.47. The topological polar surface area (TPSA) is 132 Å². The van der Waals surface area contributed by atoms with Crippen LogP contribution < -0.4 is 5.32 Å². The molecule has 8 heteroatoms. The first-order valence-corrected chi connectivity index (χ1v) is 7.32. The number of rotatable bonds is 9.